The van der Waals surface area contributed by atoms with Gasteiger partial charge in [0.2, 0.25) is 21.4 Å². The minimum Gasteiger partial charge on any atom is -0.492 e. The van der Waals surface area contributed by atoms with Gasteiger partial charge in [0.15, 0.2) is 0 Å². The highest BCUT2D eigenvalue weighted by molar-refractivity contribution is 7.89. The molecule has 1 saturated heterocycles. The number of alkyl halides is 1. The van der Waals surface area contributed by atoms with Gasteiger partial charge < -0.3 is 9.64 Å². The van der Waals surface area contributed by atoms with E-state index in [1.165, 1.54) is 0 Å². The first kappa shape index (κ1) is 21.8. The zero-order valence-corrected chi connectivity index (χ0v) is 18.3. The Bertz CT molecular complexity index is 1060. The van der Waals surface area contributed by atoms with E-state index < -0.39 is 21.6 Å². The zero-order valence-electron chi connectivity index (χ0n) is 17.5. The third-order valence-electron chi connectivity index (χ3n) is 5.99. The number of sulfonamides is 1. The normalized spacial score (nSPS) is 22.9. The van der Waals surface area contributed by atoms with E-state index in [9.17, 15) is 17.6 Å². The molecule has 4 rings (SSSR count). The molecule has 2 aliphatic rings. The van der Waals surface area contributed by atoms with Crippen molar-refractivity contribution in [3.05, 3.63) is 54.1 Å². The first-order chi connectivity index (χ1) is 14.8. The first-order valence-electron chi connectivity index (χ1n) is 10.6. The largest absolute Gasteiger partial charge is 0.492 e. The molecule has 166 valence electrons. The summed E-state index contributed by atoms with van der Waals surface area (Å²) in [6.45, 7) is 1.78. The highest BCUT2D eigenvalue weighted by Crippen LogP contribution is 2.32. The number of amides is 1. The summed E-state index contributed by atoms with van der Waals surface area (Å²) in [5, 5.41) is 0. The molecule has 2 aromatic carbocycles. The van der Waals surface area contributed by atoms with Crippen LogP contribution in [-0.2, 0) is 21.2 Å². The third-order valence-corrected chi connectivity index (χ3v) is 7.47. The van der Waals surface area contributed by atoms with Crippen LogP contribution in [0.1, 0.15) is 31.7 Å². The van der Waals surface area contributed by atoms with Gasteiger partial charge in [-0.1, -0.05) is 42.5 Å². The molecule has 3 unspecified atom stereocenters. The molecular weight excluding hydrogens is 419 g/mol. The molecule has 0 spiro atoms. The highest BCUT2D eigenvalue weighted by atomic mass is 32.2. The van der Waals surface area contributed by atoms with Crippen LogP contribution in [0.5, 0.6) is 5.75 Å². The molecule has 1 N–H and O–H groups in total. The fourth-order valence-electron chi connectivity index (χ4n) is 4.39. The minimum atomic E-state index is -4.11. The molecule has 0 aliphatic carbocycles. The molecule has 0 radical (unpaired) electrons. The number of para-hydroxylation sites is 1. The van der Waals surface area contributed by atoms with Crippen LogP contribution in [0, 0.1) is 0 Å². The monoisotopic (exact) mass is 446 g/mol. The van der Waals surface area contributed by atoms with Crippen molar-refractivity contribution in [1.29, 1.82) is 0 Å². The molecule has 2 heterocycles. The van der Waals surface area contributed by atoms with E-state index in [1.54, 1.807) is 4.90 Å². The van der Waals surface area contributed by atoms with Gasteiger partial charge in [-0.25, -0.2) is 17.5 Å². The molecule has 2 aliphatic heterocycles. The van der Waals surface area contributed by atoms with Gasteiger partial charge in [0.1, 0.15) is 5.75 Å². The SMILES string of the molecule is CC(F)S(=O)(=O)NC1CCCN2C(=O)CCOc3ccccc3-c3cccc(c3)CC12. The lowest BCUT2D eigenvalue weighted by Crippen LogP contribution is -2.58. The van der Waals surface area contributed by atoms with Crippen LogP contribution in [-0.4, -0.2) is 50.0 Å². The average Bonchev–Trinajstić information content (AvgIpc) is 2.74. The smallest absolute Gasteiger partial charge is 0.243 e. The summed E-state index contributed by atoms with van der Waals surface area (Å²) in [6.07, 6.45) is 1.88. The Morgan fingerprint density at radius 3 is 2.81 bits per heavy atom. The van der Waals surface area contributed by atoms with Gasteiger partial charge in [-0.05, 0) is 43.4 Å². The predicted molar refractivity (Wildman–Crippen MR) is 117 cm³/mol. The first-order valence-corrected chi connectivity index (χ1v) is 12.2. The van der Waals surface area contributed by atoms with Crippen molar-refractivity contribution in [1.82, 2.24) is 9.62 Å². The fraction of sp³-hybridized carbons (Fsp3) is 0.435. The maximum absolute atomic E-state index is 13.7. The Labute approximate surface area is 182 Å². The maximum atomic E-state index is 13.7. The quantitative estimate of drug-likeness (QED) is 0.785. The van der Waals surface area contributed by atoms with E-state index >= 15 is 0 Å². The Hall–Kier alpha value is -2.45. The average molecular weight is 447 g/mol. The number of nitrogens with one attached hydrogen (secondary N) is 1. The maximum Gasteiger partial charge on any atom is 0.243 e. The highest BCUT2D eigenvalue weighted by Gasteiger charge is 2.37. The number of halogens is 1. The zero-order chi connectivity index (χ0) is 22.0. The van der Waals surface area contributed by atoms with Crippen LogP contribution in [0.15, 0.2) is 48.5 Å². The van der Waals surface area contributed by atoms with Crippen molar-refractivity contribution in [3.8, 4) is 16.9 Å². The molecule has 8 heteroatoms. The van der Waals surface area contributed by atoms with Crippen LogP contribution in [0.4, 0.5) is 4.39 Å². The summed E-state index contributed by atoms with van der Waals surface area (Å²) < 4.78 is 46.6. The van der Waals surface area contributed by atoms with Gasteiger partial charge in [0.25, 0.3) is 0 Å². The molecule has 0 aromatic heterocycles. The van der Waals surface area contributed by atoms with Crippen molar-refractivity contribution in [3.63, 3.8) is 0 Å². The minimum absolute atomic E-state index is 0.0867. The number of fused-ring (bicyclic) bond motifs is 5. The summed E-state index contributed by atoms with van der Waals surface area (Å²) in [4.78, 5) is 14.8. The summed E-state index contributed by atoms with van der Waals surface area (Å²) in [5.41, 5.74) is 0.909. The predicted octanol–water partition coefficient (Wildman–Crippen LogP) is 3.27. The van der Waals surface area contributed by atoms with Gasteiger partial charge in [0, 0.05) is 18.2 Å². The number of piperidine rings is 1. The van der Waals surface area contributed by atoms with Crippen LogP contribution in [0.25, 0.3) is 11.1 Å². The summed E-state index contributed by atoms with van der Waals surface area (Å²) in [7, 11) is -4.11. The van der Waals surface area contributed by atoms with Crippen LogP contribution in [0.3, 0.4) is 0 Å². The number of carbonyl (C=O) groups excluding carboxylic acids is 1. The number of carbonyl (C=O) groups is 1. The Balaban J connectivity index is 1.73. The van der Waals surface area contributed by atoms with Crippen molar-refractivity contribution < 1.29 is 22.3 Å². The molecule has 0 saturated carbocycles. The standard InChI is InChI=1S/C23H27FN2O4S/c1-16(24)31(28,29)25-20-9-5-12-26-21(20)15-17-6-4-7-18(14-17)19-8-2-3-10-22(19)30-13-11-23(26)27/h2-4,6-8,10,14,16,20-21,25H,5,9,11-13,15H2,1H3. The van der Waals surface area contributed by atoms with E-state index in [0.29, 0.717) is 25.8 Å². The number of hydrogen-bond donors (Lipinski definition) is 1. The summed E-state index contributed by atoms with van der Waals surface area (Å²) in [5.74, 6) is 0.641. The van der Waals surface area contributed by atoms with Crippen molar-refractivity contribution >= 4 is 15.9 Å². The van der Waals surface area contributed by atoms with E-state index in [0.717, 1.165) is 29.4 Å². The summed E-state index contributed by atoms with van der Waals surface area (Å²) in [6, 6.07) is 14.8. The number of nitrogens with zero attached hydrogens (tertiary/aromatic N) is 1. The van der Waals surface area contributed by atoms with Gasteiger partial charge >= 0.3 is 0 Å². The summed E-state index contributed by atoms with van der Waals surface area (Å²) >= 11 is 0. The van der Waals surface area contributed by atoms with Crippen LogP contribution >= 0.6 is 0 Å². The number of benzene rings is 2. The van der Waals surface area contributed by atoms with Gasteiger partial charge in [-0.3, -0.25) is 4.79 Å². The van der Waals surface area contributed by atoms with Crippen molar-refractivity contribution in [2.75, 3.05) is 13.2 Å². The lowest BCUT2D eigenvalue weighted by Gasteiger charge is -2.42. The van der Waals surface area contributed by atoms with E-state index in [1.807, 2.05) is 48.5 Å². The van der Waals surface area contributed by atoms with Gasteiger partial charge in [-0.15, -0.1) is 0 Å². The van der Waals surface area contributed by atoms with E-state index in [4.69, 9.17) is 4.74 Å². The third kappa shape index (κ3) is 4.75. The van der Waals surface area contributed by atoms with Gasteiger partial charge in [0.05, 0.1) is 19.1 Å². The molecular formula is C23H27FN2O4S. The second-order valence-electron chi connectivity index (χ2n) is 8.11. The molecule has 2 bridgehead atoms. The van der Waals surface area contributed by atoms with E-state index in [-0.39, 0.29) is 25.0 Å². The Morgan fingerprint density at radius 2 is 2.00 bits per heavy atom. The molecule has 6 nitrogen and oxygen atoms in total. The second kappa shape index (κ2) is 8.96. The second-order valence-corrected chi connectivity index (χ2v) is 10.1. The molecule has 31 heavy (non-hydrogen) atoms. The van der Waals surface area contributed by atoms with E-state index in [2.05, 4.69) is 4.72 Å². The molecule has 3 atom stereocenters. The van der Waals surface area contributed by atoms with Crippen LogP contribution < -0.4 is 9.46 Å². The number of ether oxygens (including phenoxy) is 1. The van der Waals surface area contributed by atoms with Gasteiger partial charge in [-0.2, -0.15) is 0 Å². The Kier molecular flexibility index (Phi) is 6.29. The van der Waals surface area contributed by atoms with Crippen LogP contribution in [0.2, 0.25) is 0 Å². The Morgan fingerprint density at radius 1 is 1.19 bits per heavy atom. The topological polar surface area (TPSA) is 75.7 Å². The fourth-order valence-corrected chi connectivity index (χ4v) is 5.28. The van der Waals surface area contributed by atoms with Crippen molar-refractivity contribution in [2.45, 2.75) is 50.2 Å². The van der Waals surface area contributed by atoms with Crippen molar-refractivity contribution in [2.24, 2.45) is 0 Å². The lowest BCUT2D eigenvalue weighted by molar-refractivity contribution is -0.136. The molecule has 2 aromatic rings. The lowest BCUT2D eigenvalue weighted by atomic mass is 9.90. The molecule has 1 amide bonds. The number of rotatable bonds is 3. The number of hydrogen-bond acceptors (Lipinski definition) is 4. The molecule has 1 fully saturated rings.